The number of nitrogens with one attached hydrogen (secondary N) is 1. The Balaban J connectivity index is 1.79. The van der Waals surface area contributed by atoms with E-state index < -0.39 is 0 Å². The van der Waals surface area contributed by atoms with Gasteiger partial charge in [-0.2, -0.15) is 0 Å². The highest BCUT2D eigenvalue weighted by atomic mass is 35.5. The third-order valence-electron chi connectivity index (χ3n) is 4.59. The van der Waals surface area contributed by atoms with Crippen LogP contribution in [-0.2, 0) is 4.74 Å². The Kier molecular flexibility index (Phi) is 3.36. The van der Waals surface area contributed by atoms with E-state index in [1.165, 1.54) is 17.5 Å². The zero-order valence-electron chi connectivity index (χ0n) is 11.8. The predicted octanol–water partition coefficient (Wildman–Crippen LogP) is 4.97. The molecule has 1 fully saturated rings. The van der Waals surface area contributed by atoms with Crippen molar-refractivity contribution in [3.05, 3.63) is 64.7 Å². The van der Waals surface area contributed by atoms with Crippen LogP contribution in [0, 0.1) is 5.92 Å². The molecule has 0 aromatic heterocycles. The molecule has 0 spiro atoms. The molecule has 0 radical (unpaired) electrons. The molecule has 2 nitrogen and oxygen atoms in total. The van der Waals surface area contributed by atoms with Gasteiger partial charge in [-0.3, -0.25) is 0 Å². The summed E-state index contributed by atoms with van der Waals surface area (Å²) in [5.41, 5.74) is 3.69. The summed E-state index contributed by atoms with van der Waals surface area (Å²) < 4.78 is 6.12. The third kappa shape index (κ3) is 2.33. The molecule has 4 rings (SSSR count). The lowest BCUT2D eigenvalue weighted by atomic mass is 9.77. The van der Waals surface area contributed by atoms with E-state index in [0.717, 1.165) is 23.7 Å². The lowest BCUT2D eigenvalue weighted by Crippen LogP contribution is -2.35. The van der Waals surface area contributed by atoms with Crippen molar-refractivity contribution >= 4 is 17.3 Å². The Hall–Kier alpha value is -1.51. The number of benzene rings is 2. The molecular weight excluding hydrogens is 282 g/mol. The highest BCUT2D eigenvalue weighted by molar-refractivity contribution is 6.30. The van der Waals surface area contributed by atoms with Crippen LogP contribution >= 0.6 is 11.6 Å². The lowest BCUT2D eigenvalue weighted by molar-refractivity contribution is -0.0381. The van der Waals surface area contributed by atoms with Gasteiger partial charge in [0.05, 0.1) is 12.1 Å². The van der Waals surface area contributed by atoms with E-state index in [-0.39, 0.29) is 6.10 Å². The summed E-state index contributed by atoms with van der Waals surface area (Å²) in [4.78, 5) is 0. The molecule has 1 unspecified atom stereocenters. The van der Waals surface area contributed by atoms with Crippen molar-refractivity contribution < 1.29 is 4.74 Å². The molecule has 1 saturated heterocycles. The van der Waals surface area contributed by atoms with Gasteiger partial charge in [0.15, 0.2) is 0 Å². The number of fused-ring (bicyclic) bond motifs is 3. The summed E-state index contributed by atoms with van der Waals surface area (Å²) in [5.74, 6) is 0.465. The average molecular weight is 300 g/mol. The van der Waals surface area contributed by atoms with Crippen LogP contribution in [0.4, 0.5) is 5.69 Å². The Morgan fingerprint density at radius 2 is 1.95 bits per heavy atom. The van der Waals surface area contributed by atoms with Crippen LogP contribution < -0.4 is 5.32 Å². The first-order valence-electron chi connectivity index (χ1n) is 7.55. The van der Waals surface area contributed by atoms with Gasteiger partial charge in [0.1, 0.15) is 0 Å². The van der Waals surface area contributed by atoms with E-state index in [1.54, 1.807) is 0 Å². The minimum atomic E-state index is 0.152. The lowest BCUT2D eigenvalue weighted by Gasteiger charge is -2.43. The zero-order chi connectivity index (χ0) is 14.2. The van der Waals surface area contributed by atoms with E-state index in [4.69, 9.17) is 16.3 Å². The molecule has 0 aliphatic carbocycles. The van der Waals surface area contributed by atoms with Crippen molar-refractivity contribution in [2.75, 3.05) is 11.9 Å². The van der Waals surface area contributed by atoms with E-state index in [9.17, 15) is 0 Å². The van der Waals surface area contributed by atoms with Gasteiger partial charge in [0.25, 0.3) is 0 Å². The molecule has 2 heterocycles. The number of hydrogen-bond donors (Lipinski definition) is 1. The van der Waals surface area contributed by atoms with Gasteiger partial charge in [-0.05, 0) is 36.6 Å². The van der Waals surface area contributed by atoms with Gasteiger partial charge in [-0.1, -0.05) is 41.9 Å². The van der Waals surface area contributed by atoms with Gasteiger partial charge < -0.3 is 10.1 Å². The molecule has 0 saturated carbocycles. The standard InChI is InChI=1S/C18H18ClNO/c19-13-8-9-16-15(11-13)18-14(7-4-10-21-18)17(20-16)12-5-2-1-3-6-12/h1-3,5-6,8-9,11,14,17-18,20H,4,7,10H2/t14-,17?,18-/m0/s1. The molecule has 21 heavy (non-hydrogen) atoms. The van der Waals surface area contributed by atoms with Crippen LogP contribution in [0.3, 0.4) is 0 Å². The van der Waals surface area contributed by atoms with Crippen LogP contribution in [0.1, 0.15) is 36.1 Å². The Morgan fingerprint density at radius 3 is 2.81 bits per heavy atom. The highest BCUT2D eigenvalue weighted by Crippen LogP contribution is 2.49. The molecule has 3 heteroatoms. The largest absolute Gasteiger partial charge is 0.378 e. The maximum atomic E-state index is 6.18. The van der Waals surface area contributed by atoms with Crippen LogP contribution in [0.2, 0.25) is 5.02 Å². The molecule has 2 aromatic carbocycles. The summed E-state index contributed by atoms with van der Waals surface area (Å²) in [6.07, 6.45) is 2.46. The van der Waals surface area contributed by atoms with E-state index >= 15 is 0 Å². The van der Waals surface area contributed by atoms with Crippen molar-refractivity contribution in [3.8, 4) is 0 Å². The van der Waals surface area contributed by atoms with Gasteiger partial charge in [0, 0.05) is 28.8 Å². The van der Waals surface area contributed by atoms with Crippen molar-refractivity contribution in [3.63, 3.8) is 0 Å². The van der Waals surface area contributed by atoms with Crippen LogP contribution in [0.15, 0.2) is 48.5 Å². The summed E-state index contributed by atoms with van der Waals surface area (Å²) in [6, 6.07) is 17.0. The molecule has 2 aliphatic heterocycles. The van der Waals surface area contributed by atoms with E-state index in [1.807, 2.05) is 12.1 Å². The molecule has 2 aromatic rings. The van der Waals surface area contributed by atoms with E-state index in [2.05, 4.69) is 41.7 Å². The first kappa shape index (κ1) is 13.2. The molecule has 1 N–H and O–H groups in total. The zero-order valence-corrected chi connectivity index (χ0v) is 12.5. The highest BCUT2D eigenvalue weighted by Gasteiger charge is 2.39. The summed E-state index contributed by atoms with van der Waals surface area (Å²) in [5, 5.41) is 4.48. The monoisotopic (exact) mass is 299 g/mol. The van der Waals surface area contributed by atoms with Crippen LogP contribution in [0.5, 0.6) is 0 Å². The number of halogens is 1. The van der Waals surface area contributed by atoms with Crippen LogP contribution in [-0.4, -0.2) is 6.61 Å². The normalized spacial score (nSPS) is 27.4. The van der Waals surface area contributed by atoms with Crippen LogP contribution in [0.25, 0.3) is 0 Å². The minimum Gasteiger partial charge on any atom is -0.378 e. The fourth-order valence-electron chi connectivity index (χ4n) is 3.63. The van der Waals surface area contributed by atoms with E-state index in [0.29, 0.717) is 12.0 Å². The summed E-state index contributed by atoms with van der Waals surface area (Å²) >= 11 is 6.18. The summed E-state index contributed by atoms with van der Waals surface area (Å²) in [6.45, 7) is 0.842. The van der Waals surface area contributed by atoms with Crippen molar-refractivity contribution in [2.24, 2.45) is 5.92 Å². The number of rotatable bonds is 1. The second kappa shape index (κ2) is 5.36. The number of anilines is 1. The maximum absolute atomic E-state index is 6.18. The summed E-state index contributed by atoms with van der Waals surface area (Å²) in [7, 11) is 0. The molecule has 108 valence electrons. The quantitative estimate of drug-likeness (QED) is 0.802. The maximum Gasteiger partial charge on any atom is 0.0896 e. The minimum absolute atomic E-state index is 0.152. The Bertz CT molecular complexity index is 643. The Labute approximate surface area is 130 Å². The van der Waals surface area contributed by atoms with Gasteiger partial charge in [-0.25, -0.2) is 0 Å². The smallest absolute Gasteiger partial charge is 0.0896 e. The first-order valence-corrected chi connectivity index (χ1v) is 7.93. The van der Waals surface area contributed by atoms with Crippen molar-refractivity contribution in [2.45, 2.75) is 25.0 Å². The number of hydrogen-bond acceptors (Lipinski definition) is 2. The van der Waals surface area contributed by atoms with Crippen molar-refractivity contribution in [1.82, 2.24) is 0 Å². The van der Waals surface area contributed by atoms with Gasteiger partial charge >= 0.3 is 0 Å². The van der Waals surface area contributed by atoms with Crippen molar-refractivity contribution in [1.29, 1.82) is 0 Å². The van der Waals surface area contributed by atoms with Gasteiger partial charge in [-0.15, -0.1) is 0 Å². The predicted molar refractivity (Wildman–Crippen MR) is 85.7 cm³/mol. The molecular formula is C18H18ClNO. The first-order chi connectivity index (χ1) is 10.3. The molecule has 2 aliphatic rings. The fourth-order valence-corrected chi connectivity index (χ4v) is 3.81. The Morgan fingerprint density at radius 1 is 1.10 bits per heavy atom. The fraction of sp³-hybridized carbons (Fsp3) is 0.333. The van der Waals surface area contributed by atoms with Gasteiger partial charge in [0.2, 0.25) is 0 Å². The third-order valence-corrected chi connectivity index (χ3v) is 4.82. The average Bonchev–Trinajstić information content (AvgIpc) is 2.55. The SMILES string of the molecule is Clc1ccc2c(c1)[C@H]1OCCC[C@H]1C(c1ccccc1)N2. The molecule has 3 atom stereocenters. The topological polar surface area (TPSA) is 21.3 Å². The second-order valence-electron chi connectivity index (χ2n) is 5.86. The molecule has 0 amide bonds. The molecule has 0 bridgehead atoms. The second-order valence-corrected chi connectivity index (χ2v) is 6.30. The number of ether oxygens (including phenoxy) is 1.